The van der Waals surface area contributed by atoms with Crippen molar-refractivity contribution in [2.24, 2.45) is 5.92 Å². The first-order valence-electron chi connectivity index (χ1n) is 14.4. The van der Waals surface area contributed by atoms with Crippen molar-refractivity contribution >= 4 is 17.6 Å². The van der Waals surface area contributed by atoms with Gasteiger partial charge in [0.05, 0.1) is 22.6 Å². The first kappa shape index (κ1) is 23.8. The molecule has 8 heteroatoms. The molecule has 2 N–H and O–H groups in total. The molecule has 3 heterocycles. The van der Waals surface area contributed by atoms with Gasteiger partial charge in [-0.2, -0.15) is 0 Å². The van der Waals surface area contributed by atoms with Crippen LogP contribution < -0.4 is 10.1 Å². The molecule has 6 aliphatic rings. The van der Waals surface area contributed by atoms with E-state index in [4.69, 9.17) is 14.2 Å². The quantitative estimate of drug-likeness (QED) is 0.433. The number of ether oxygens (including phenoxy) is 3. The van der Waals surface area contributed by atoms with Crippen LogP contribution in [0.25, 0.3) is 0 Å². The summed E-state index contributed by atoms with van der Waals surface area (Å²) in [7, 11) is 0. The van der Waals surface area contributed by atoms with E-state index in [0.29, 0.717) is 12.0 Å². The molecule has 3 fully saturated rings. The van der Waals surface area contributed by atoms with Crippen molar-refractivity contribution in [2.45, 2.75) is 80.6 Å². The smallest absolute Gasteiger partial charge is 0.341 e. The molecular formula is C31H34N2O6. The van der Waals surface area contributed by atoms with Crippen molar-refractivity contribution in [2.75, 3.05) is 25.2 Å². The average molecular weight is 531 g/mol. The number of carbonyl (C=O) groups is 2. The minimum atomic E-state index is -0.893. The van der Waals surface area contributed by atoms with Crippen molar-refractivity contribution in [3.05, 3.63) is 58.7 Å². The Morgan fingerprint density at radius 3 is 2.90 bits per heavy atom. The van der Waals surface area contributed by atoms with Crippen LogP contribution >= 0.6 is 0 Å². The number of anilines is 1. The Morgan fingerprint density at radius 2 is 2.08 bits per heavy atom. The molecule has 0 radical (unpaired) electrons. The number of fused-ring (bicyclic) bond motifs is 4. The second kappa shape index (κ2) is 8.21. The molecular weight excluding hydrogens is 496 g/mol. The third-order valence-corrected chi connectivity index (χ3v) is 10.5. The number of piperidine rings is 1. The molecule has 0 amide bonds. The van der Waals surface area contributed by atoms with E-state index in [1.165, 1.54) is 24.0 Å². The lowest BCUT2D eigenvalue weighted by Crippen LogP contribution is -2.78. The van der Waals surface area contributed by atoms with Crippen LogP contribution in [0.1, 0.15) is 72.0 Å². The highest BCUT2D eigenvalue weighted by Crippen LogP contribution is 2.67. The van der Waals surface area contributed by atoms with E-state index in [2.05, 4.69) is 28.4 Å². The summed E-state index contributed by atoms with van der Waals surface area (Å²) in [5.41, 5.74) is 3.62. The number of hydrogen-bond acceptors (Lipinski definition) is 8. The van der Waals surface area contributed by atoms with Crippen LogP contribution in [0.4, 0.5) is 5.69 Å². The fraction of sp³-hybridized carbons (Fsp3) is 0.548. The lowest BCUT2D eigenvalue weighted by atomic mass is 9.46. The maximum Gasteiger partial charge on any atom is 0.341 e. The van der Waals surface area contributed by atoms with Gasteiger partial charge in [-0.3, -0.25) is 9.69 Å². The van der Waals surface area contributed by atoms with Crippen LogP contribution in [0.2, 0.25) is 0 Å². The van der Waals surface area contributed by atoms with E-state index in [1.54, 1.807) is 13.0 Å². The average Bonchev–Trinajstić information content (AvgIpc) is 3.58. The van der Waals surface area contributed by atoms with Gasteiger partial charge in [0.15, 0.2) is 0 Å². The second-order valence-electron chi connectivity index (χ2n) is 12.3. The molecule has 3 aliphatic heterocycles. The third kappa shape index (κ3) is 3.19. The summed E-state index contributed by atoms with van der Waals surface area (Å²) < 4.78 is 16.9. The molecule has 6 unspecified atom stereocenters. The molecule has 204 valence electrons. The lowest BCUT2D eigenvalue weighted by Gasteiger charge is -2.65. The number of aliphatic hydroxyl groups is 1. The number of hydrogen-bond donors (Lipinski definition) is 2. The van der Waals surface area contributed by atoms with Crippen molar-refractivity contribution in [3.63, 3.8) is 0 Å². The van der Waals surface area contributed by atoms with E-state index in [0.717, 1.165) is 48.8 Å². The molecule has 1 spiro atoms. The Labute approximate surface area is 227 Å². The molecule has 8 rings (SSSR count). The van der Waals surface area contributed by atoms with Gasteiger partial charge in [-0.1, -0.05) is 25.1 Å². The highest BCUT2D eigenvalue weighted by molar-refractivity contribution is 5.91. The Morgan fingerprint density at radius 1 is 1.21 bits per heavy atom. The maximum absolute atomic E-state index is 12.9. The van der Waals surface area contributed by atoms with Crippen LogP contribution in [-0.4, -0.2) is 65.6 Å². The Balaban J connectivity index is 1.14. The van der Waals surface area contributed by atoms with E-state index in [9.17, 15) is 14.7 Å². The Bertz CT molecular complexity index is 1390. The largest absolute Gasteiger partial charge is 0.487 e. The first-order valence-corrected chi connectivity index (χ1v) is 14.4. The molecule has 6 atom stereocenters. The van der Waals surface area contributed by atoms with Gasteiger partial charge in [0.25, 0.3) is 0 Å². The third-order valence-electron chi connectivity index (χ3n) is 10.5. The van der Waals surface area contributed by atoms with Gasteiger partial charge in [-0.25, -0.2) is 4.79 Å². The van der Waals surface area contributed by atoms with E-state index in [1.807, 2.05) is 12.1 Å². The summed E-state index contributed by atoms with van der Waals surface area (Å²) in [6.07, 6.45) is 5.03. The minimum absolute atomic E-state index is 0.00830. The van der Waals surface area contributed by atoms with Crippen LogP contribution in [0.3, 0.4) is 0 Å². The fourth-order valence-electron chi connectivity index (χ4n) is 8.61. The molecule has 1 saturated heterocycles. The predicted octanol–water partition coefficient (Wildman–Crippen LogP) is 3.51. The van der Waals surface area contributed by atoms with E-state index >= 15 is 0 Å². The van der Waals surface area contributed by atoms with Gasteiger partial charge in [-0.05, 0) is 73.9 Å². The summed E-state index contributed by atoms with van der Waals surface area (Å²) in [4.78, 5) is 26.6. The van der Waals surface area contributed by atoms with Crippen molar-refractivity contribution in [1.29, 1.82) is 0 Å². The number of nitrogens with one attached hydrogen (secondary N) is 1. The summed E-state index contributed by atoms with van der Waals surface area (Å²) in [5, 5.41) is 16.6. The molecule has 2 saturated carbocycles. The molecule has 0 aromatic heterocycles. The summed E-state index contributed by atoms with van der Waals surface area (Å²) in [5.74, 6) is 0.806. The minimum Gasteiger partial charge on any atom is -0.487 e. The van der Waals surface area contributed by atoms with Gasteiger partial charge in [0.2, 0.25) is 6.79 Å². The molecule has 2 bridgehead atoms. The van der Waals surface area contributed by atoms with Crippen molar-refractivity contribution < 1.29 is 28.9 Å². The normalized spacial score (nSPS) is 34.7. The van der Waals surface area contributed by atoms with Crippen molar-refractivity contribution in [1.82, 2.24) is 4.90 Å². The highest BCUT2D eigenvalue weighted by atomic mass is 16.7. The van der Waals surface area contributed by atoms with E-state index < -0.39 is 29.7 Å². The second-order valence-corrected chi connectivity index (χ2v) is 12.3. The summed E-state index contributed by atoms with van der Waals surface area (Å²) in [6, 6.07) is 12.0. The zero-order valence-electron chi connectivity index (χ0n) is 22.2. The van der Waals surface area contributed by atoms with Gasteiger partial charge >= 0.3 is 11.9 Å². The number of benzene rings is 2. The van der Waals surface area contributed by atoms with Gasteiger partial charge in [0, 0.05) is 36.2 Å². The van der Waals surface area contributed by atoms with Gasteiger partial charge < -0.3 is 24.6 Å². The summed E-state index contributed by atoms with van der Waals surface area (Å²) >= 11 is 0. The molecule has 8 nitrogen and oxygen atoms in total. The number of likely N-dealkylation sites (tertiary alicyclic amines) is 1. The standard InChI is InChI=1S/C31H34N2O6/c1-2-25(34)37-16-38-29(35)19-8-9-20-21-14-31(36)24-13-18-4-3-5-23-26(18)30(31,10-11-33(24)15-17-6-7-17)28(39-23)27(21)32-22(20)12-19/h3-5,8-9,12,17,21,24,27-28,32,36H,2,6-7,10-11,13-16H2,1H3. The van der Waals surface area contributed by atoms with Crippen LogP contribution in [0.15, 0.2) is 36.4 Å². The van der Waals surface area contributed by atoms with Crippen molar-refractivity contribution in [3.8, 4) is 5.75 Å². The summed E-state index contributed by atoms with van der Waals surface area (Å²) in [6.45, 7) is 3.35. The number of esters is 2. The first-order chi connectivity index (χ1) is 18.9. The van der Waals surface area contributed by atoms with E-state index in [-0.39, 0.29) is 30.5 Å². The van der Waals surface area contributed by atoms with Crippen LogP contribution in [0, 0.1) is 5.92 Å². The number of rotatable bonds is 6. The topological polar surface area (TPSA) is 97.3 Å². The van der Waals surface area contributed by atoms with Crippen LogP contribution in [0.5, 0.6) is 5.75 Å². The fourth-order valence-corrected chi connectivity index (χ4v) is 8.61. The SMILES string of the molecule is CCC(=O)OCOC(=O)c1ccc2c(c1)NC1C2CC2(O)C3Cc4cccc5c4C2(CCN3CC2CC2)C1O5. The Kier molecular flexibility index (Phi) is 5.00. The predicted molar refractivity (Wildman–Crippen MR) is 142 cm³/mol. The van der Waals surface area contributed by atoms with Gasteiger partial charge in [0.1, 0.15) is 11.9 Å². The molecule has 2 aromatic rings. The van der Waals surface area contributed by atoms with Gasteiger partial charge in [-0.15, -0.1) is 0 Å². The molecule has 3 aliphatic carbocycles. The lowest BCUT2D eigenvalue weighted by molar-refractivity contribution is -0.191. The molecule has 39 heavy (non-hydrogen) atoms. The number of carbonyl (C=O) groups excluding carboxylic acids is 2. The zero-order valence-corrected chi connectivity index (χ0v) is 22.2. The Hall–Kier alpha value is -3.10. The molecule has 2 aromatic carbocycles. The highest BCUT2D eigenvalue weighted by Gasteiger charge is 2.75. The number of nitrogens with zero attached hydrogens (tertiary/aromatic N) is 1. The monoisotopic (exact) mass is 530 g/mol. The van der Waals surface area contributed by atoms with Crippen LogP contribution in [-0.2, 0) is 26.1 Å². The maximum atomic E-state index is 12.9. The zero-order chi connectivity index (χ0) is 26.5.